The molecule has 0 aromatic heterocycles. The highest BCUT2D eigenvalue weighted by Crippen LogP contribution is 2.17. The third-order valence-corrected chi connectivity index (χ3v) is 2.40. The van der Waals surface area contributed by atoms with Crippen molar-refractivity contribution < 1.29 is 9.53 Å². The Kier molecular flexibility index (Phi) is 4.58. The summed E-state index contributed by atoms with van der Waals surface area (Å²) in [7, 11) is 0. The first-order valence-electron chi connectivity index (χ1n) is 5.16. The van der Waals surface area contributed by atoms with Gasteiger partial charge in [-0.15, -0.1) is 0 Å². The lowest BCUT2D eigenvalue weighted by atomic mass is 9.99. The van der Waals surface area contributed by atoms with Gasteiger partial charge in [0.15, 0.2) is 0 Å². The van der Waals surface area contributed by atoms with E-state index in [2.05, 4.69) is 6.92 Å². The molecule has 0 spiro atoms. The molecule has 1 unspecified atom stereocenters. The lowest BCUT2D eigenvalue weighted by Crippen LogP contribution is -2.09. The van der Waals surface area contributed by atoms with Crippen LogP contribution in [-0.2, 0) is 9.53 Å². The summed E-state index contributed by atoms with van der Waals surface area (Å²) in [6, 6.07) is 0. The predicted octanol–water partition coefficient (Wildman–Crippen LogP) is 2.69. The van der Waals surface area contributed by atoms with E-state index in [0.29, 0.717) is 12.5 Å². The molecule has 2 heteroatoms. The van der Waals surface area contributed by atoms with E-state index in [1.165, 1.54) is 25.7 Å². The average Bonchev–Trinajstić information content (AvgIpc) is 2.32. The summed E-state index contributed by atoms with van der Waals surface area (Å²) in [5, 5.41) is 0. The van der Waals surface area contributed by atoms with E-state index >= 15 is 0 Å². The second kappa shape index (κ2) is 5.79. The fourth-order valence-corrected chi connectivity index (χ4v) is 1.56. The smallest absolute Gasteiger partial charge is 0.330 e. The van der Waals surface area contributed by atoms with E-state index in [0.717, 1.165) is 6.42 Å². The van der Waals surface area contributed by atoms with Gasteiger partial charge in [0.1, 0.15) is 0 Å². The summed E-state index contributed by atoms with van der Waals surface area (Å²) < 4.78 is 5.02. The predicted molar refractivity (Wildman–Crippen MR) is 52.3 cm³/mol. The number of carbonyl (C=O) groups is 1. The van der Waals surface area contributed by atoms with E-state index in [9.17, 15) is 4.79 Å². The van der Waals surface area contributed by atoms with Crippen molar-refractivity contribution >= 4 is 5.97 Å². The zero-order valence-electron chi connectivity index (χ0n) is 8.29. The number of unbranched alkanes of at least 4 members (excludes halogenated alkanes) is 2. The molecule has 1 rings (SSSR count). The van der Waals surface area contributed by atoms with Crippen LogP contribution in [0.2, 0.25) is 0 Å². The SMILES string of the molecule is CCCCCC1CC=CC(=O)OC1. The van der Waals surface area contributed by atoms with Crippen LogP contribution in [0.5, 0.6) is 0 Å². The van der Waals surface area contributed by atoms with Crippen LogP contribution >= 0.6 is 0 Å². The van der Waals surface area contributed by atoms with Gasteiger partial charge in [0.05, 0.1) is 6.61 Å². The van der Waals surface area contributed by atoms with Gasteiger partial charge in [-0.25, -0.2) is 4.79 Å². The van der Waals surface area contributed by atoms with Crippen molar-refractivity contribution in [2.45, 2.75) is 39.0 Å². The molecule has 0 bridgehead atoms. The number of esters is 1. The van der Waals surface area contributed by atoms with Gasteiger partial charge < -0.3 is 4.74 Å². The first kappa shape index (κ1) is 10.3. The summed E-state index contributed by atoms with van der Waals surface area (Å²) in [6.07, 6.45) is 9.45. The Labute approximate surface area is 80.0 Å². The molecule has 0 N–H and O–H groups in total. The summed E-state index contributed by atoms with van der Waals surface area (Å²) >= 11 is 0. The van der Waals surface area contributed by atoms with Crippen molar-refractivity contribution in [3.8, 4) is 0 Å². The van der Waals surface area contributed by atoms with Gasteiger partial charge in [-0.05, 0) is 18.8 Å². The molecule has 1 heterocycles. The van der Waals surface area contributed by atoms with Gasteiger partial charge in [0.2, 0.25) is 0 Å². The maximum Gasteiger partial charge on any atom is 0.330 e. The van der Waals surface area contributed by atoms with Gasteiger partial charge in [-0.1, -0.05) is 32.3 Å². The van der Waals surface area contributed by atoms with Crippen molar-refractivity contribution in [1.29, 1.82) is 0 Å². The molecule has 74 valence electrons. The summed E-state index contributed by atoms with van der Waals surface area (Å²) in [4.78, 5) is 10.8. The monoisotopic (exact) mass is 182 g/mol. The maximum absolute atomic E-state index is 10.8. The van der Waals surface area contributed by atoms with E-state index < -0.39 is 0 Å². The Bertz CT molecular complexity index is 185. The number of hydrogen-bond donors (Lipinski definition) is 0. The van der Waals surface area contributed by atoms with Gasteiger partial charge in [-0.2, -0.15) is 0 Å². The zero-order chi connectivity index (χ0) is 9.52. The number of allylic oxidation sites excluding steroid dienone is 1. The number of carbonyl (C=O) groups excluding carboxylic acids is 1. The molecule has 0 saturated heterocycles. The van der Waals surface area contributed by atoms with Crippen molar-refractivity contribution in [3.05, 3.63) is 12.2 Å². The molecule has 1 aliphatic heterocycles. The van der Waals surface area contributed by atoms with Gasteiger partial charge >= 0.3 is 5.97 Å². The third kappa shape index (κ3) is 4.11. The fourth-order valence-electron chi connectivity index (χ4n) is 1.56. The van der Waals surface area contributed by atoms with E-state index in [-0.39, 0.29) is 5.97 Å². The normalized spacial score (nSPS) is 22.5. The average molecular weight is 182 g/mol. The summed E-state index contributed by atoms with van der Waals surface area (Å²) in [5.41, 5.74) is 0. The topological polar surface area (TPSA) is 26.3 Å². The maximum atomic E-state index is 10.8. The molecule has 13 heavy (non-hydrogen) atoms. The zero-order valence-corrected chi connectivity index (χ0v) is 8.29. The lowest BCUT2D eigenvalue weighted by molar-refractivity contribution is -0.138. The highest BCUT2D eigenvalue weighted by atomic mass is 16.5. The molecule has 2 nitrogen and oxygen atoms in total. The largest absolute Gasteiger partial charge is 0.462 e. The van der Waals surface area contributed by atoms with Crippen LogP contribution in [-0.4, -0.2) is 12.6 Å². The summed E-state index contributed by atoms with van der Waals surface area (Å²) in [5.74, 6) is 0.368. The van der Waals surface area contributed by atoms with E-state index in [1.54, 1.807) is 6.08 Å². The molecular formula is C11H18O2. The molecule has 1 atom stereocenters. The van der Waals surface area contributed by atoms with Crippen LogP contribution in [0.3, 0.4) is 0 Å². The van der Waals surface area contributed by atoms with Crippen LogP contribution in [0.1, 0.15) is 39.0 Å². The second-order valence-corrected chi connectivity index (χ2v) is 3.63. The van der Waals surface area contributed by atoms with E-state index in [4.69, 9.17) is 4.74 Å². The van der Waals surface area contributed by atoms with Crippen LogP contribution in [0.4, 0.5) is 0 Å². The fraction of sp³-hybridized carbons (Fsp3) is 0.727. The molecule has 0 aromatic rings. The molecule has 0 amide bonds. The molecule has 0 saturated carbocycles. The first-order valence-corrected chi connectivity index (χ1v) is 5.16. The van der Waals surface area contributed by atoms with Crippen molar-refractivity contribution in [3.63, 3.8) is 0 Å². The quantitative estimate of drug-likeness (QED) is 0.493. The van der Waals surface area contributed by atoms with Crippen LogP contribution in [0.25, 0.3) is 0 Å². The highest BCUT2D eigenvalue weighted by Gasteiger charge is 2.12. The van der Waals surface area contributed by atoms with Crippen LogP contribution in [0.15, 0.2) is 12.2 Å². The Morgan fingerprint density at radius 2 is 2.38 bits per heavy atom. The Morgan fingerprint density at radius 1 is 1.54 bits per heavy atom. The van der Waals surface area contributed by atoms with Crippen molar-refractivity contribution in [1.82, 2.24) is 0 Å². The standard InChI is InChI=1S/C11H18O2/c1-2-3-4-6-10-7-5-8-11(12)13-9-10/h5,8,10H,2-4,6-7,9H2,1H3. The Morgan fingerprint density at radius 3 is 3.15 bits per heavy atom. The van der Waals surface area contributed by atoms with E-state index in [1.807, 2.05) is 6.08 Å². The molecule has 0 fully saturated rings. The first-order chi connectivity index (χ1) is 6.33. The van der Waals surface area contributed by atoms with Crippen molar-refractivity contribution in [2.24, 2.45) is 5.92 Å². The minimum Gasteiger partial charge on any atom is -0.462 e. The second-order valence-electron chi connectivity index (χ2n) is 3.63. The van der Waals surface area contributed by atoms with Gasteiger partial charge in [0, 0.05) is 6.08 Å². The minimum atomic E-state index is -0.182. The third-order valence-electron chi connectivity index (χ3n) is 2.40. The Hall–Kier alpha value is -0.790. The van der Waals surface area contributed by atoms with Crippen LogP contribution in [0, 0.1) is 5.92 Å². The Balaban J connectivity index is 2.20. The highest BCUT2D eigenvalue weighted by molar-refractivity contribution is 5.82. The number of cyclic esters (lactones) is 1. The molecule has 0 aromatic carbocycles. The molecule has 0 aliphatic carbocycles. The molecule has 0 radical (unpaired) electrons. The number of rotatable bonds is 4. The van der Waals surface area contributed by atoms with Gasteiger partial charge in [0.25, 0.3) is 0 Å². The summed E-state index contributed by atoms with van der Waals surface area (Å²) in [6.45, 7) is 2.81. The van der Waals surface area contributed by atoms with Crippen molar-refractivity contribution in [2.75, 3.05) is 6.61 Å². The minimum absolute atomic E-state index is 0.182. The number of ether oxygens (including phenoxy) is 1. The van der Waals surface area contributed by atoms with Gasteiger partial charge in [-0.3, -0.25) is 0 Å². The molecule has 1 aliphatic rings. The lowest BCUT2D eigenvalue weighted by Gasteiger charge is -2.11. The molecular weight excluding hydrogens is 164 g/mol. The number of hydrogen-bond acceptors (Lipinski definition) is 2. The van der Waals surface area contributed by atoms with Crippen LogP contribution < -0.4 is 0 Å².